The van der Waals surface area contributed by atoms with Gasteiger partial charge in [0.15, 0.2) is 0 Å². The van der Waals surface area contributed by atoms with E-state index in [2.05, 4.69) is 56.1 Å². The monoisotopic (exact) mass is 380 g/mol. The molecule has 0 radical (unpaired) electrons. The molecule has 5 heterocycles. The molecule has 4 aromatic heterocycles. The number of aromatic nitrogens is 5. The first-order valence-electron chi connectivity index (χ1n) is 10.1. The van der Waals surface area contributed by atoms with Crippen LogP contribution in [0, 0.1) is 18.2 Å². The van der Waals surface area contributed by atoms with Gasteiger partial charge in [-0.25, -0.2) is 15.2 Å². The molecule has 29 heavy (non-hydrogen) atoms. The van der Waals surface area contributed by atoms with Gasteiger partial charge in [-0.05, 0) is 43.8 Å². The zero-order valence-electron chi connectivity index (χ0n) is 16.6. The molecular weight excluding hydrogens is 359 g/mol. The Hall–Kier alpha value is -3.40. The number of hydrogen-bond donors (Lipinski definition) is 0. The number of imidazole rings is 2. The van der Waals surface area contributed by atoms with E-state index in [1.54, 1.807) is 0 Å². The van der Waals surface area contributed by atoms with Gasteiger partial charge in [-0.2, -0.15) is 0 Å². The highest BCUT2D eigenvalue weighted by molar-refractivity contribution is 6.66. The zero-order valence-corrected chi connectivity index (χ0v) is 16.6. The number of aryl methyl sites for hydroxylation is 2. The van der Waals surface area contributed by atoms with Crippen molar-refractivity contribution in [1.82, 2.24) is 23.9 Å². The lowest BCUT2D eigenvalue weighted by atomic mass is 9.45. The quantitative estimate of drug-likeness (QED) is 0.507. The van der Waals surface area contributed by atoms with Gasteiger partial charge in [0.2, 0.25) is 0 Å². The minimum Gasteiger partial charge on any atom is -0.333 e. The lowest BCUT2D eigenvalue weighted by Gasteiger charge is -2.19. The standard InChI is InChI=1S/C22H21BN6/c1-3-20-27-22(19-11-23(13-24)9-10-28(19)20)18-6-4-5-17-21(26-14-29(17)18)16-8-7-15(2)25-12-16/h4-8,12,14H,3,9-11H2,1-2H3. The lowest BCUT2D eigenvalue weighted by molar-refractivity contribution is 0.661. The molecular formula is C22H21BN6. The Bertz CT molecular complexity index is 1250. The summed E-state index contributed by atoms with van der Waals surface area (Å²) in [7, 11) is 0. The van der Waals surface area contributed by atoms with Crippen LogP contribution in [0.2, 0.25) is 6.32 Å². The Kier molecular flexibility index (Phi) is 4.20. The van der Waals surface area contributed by atoms with Crippen LogP contribution in [0.4, 0.5) is 0 Å². The first kappa shape index (κ1) is 17.7. The van der Waals surface area contributed by atoms with E-state index in [4.69, 9.17) is 4.98 Å². The van der Waals surface area contributed by atoms with Crippen LogP contribution in [0.1, 0.15) is 24.1 Å². The number of pyridine rings is 2. The van der Waals surface area contributed by atoms with Crippen molar-refractivity contribution >= 4 is 12.2 Å². The van der Waals surface area contributed by atoms with Gasteiger partial charge in [0.05, 0.1) is 16.9 Å². The van der Waals surface area contributed by atoms with Crippen LogP contribution in [0.5, 0.6) is 0 Å². The smallest absolute Gasteiger partial charge is 0.275 e. The average Bonchev–Trinajstić information content (AvgIpc) is 3.35. The van der Waals surface area contributed by atoms with Gasteiger partial charge in [-0.1, -0.05) is 13.0 Å². The second-order valence-electron chi connectivity index (χ2n) is 7.60. The highest BCUT2D eigenvalue weighted by Crippen LogP contribution is 2.32. The van der Waals surface area contributed by atoms with Crippen LogP contribution in [-0.4, -0.2) is 30.6 Å². The molecule has 0 aromatic carbocycles. The van der Waals surface area contributed by atoms with Gasteiger partial charge in [-0.15, -0.1) is 0 Å². The average molecular weight is 380 g/mol. The third kappa shape index (κ3) is 2.83. The van der Waals surface area contributed by atoms with Crippen LogP contribution >= 0.6 is 0 Å². The summed E-state index contributed by atoms with van der Waals surface area (Å²) in [5.41, 5.74) is 7.09. The topological polar surface area (TPSA) is 71.8 Å². The minimum atomic E-state index is 0.0545. The number of nitriles is 1. The highest BCUT2D eigenvalue weighted by Gasteiger charge is 2.29. The summed E-state index contributed by atoms with van der Waals surface area (Å²) in [5.74, 6) is 3.54. The predicted octanol–water partition coefficient (Wildman–Crippen LogP) is 3.78. The summed E-state index contributed by atoms with van der Waals surface area (Å²) < 4.78 is 4.41. The van der Waals surface area contributed by atoms with Crippen LogP contribution in [0.25, 0.3) is 28.2 Å². The Morgan fingerprint density at radius 2 is 2.07 bits per heavy atom. The van der Waals surface area contributed by atoms with Gasteiger partial charge in [0.1, 0.15) is 17.8 Å². The molecule has 0 fully saturated rings. The normalized spacial score (nSPS) is 13.5. The molecule has 6 nitrogen and oxygen atoms in total. The van der Waals surface area contributed by atoms with E-state index in [9.17, 15) is 5.26 Å². The molecule has 5 rings (SSSR count). The van der Waals surface area contributed by atoms with E-state index in [1.165, 1.54) is 5.69 Å². The fraction of sp³-hybridized carbons (Fsp3) is 0.273. The van der Waals surface area contributed by atoms with Gasteiger partial charge < -0.3 is 4.57 Å². The van der Waals surface area contributed by atoms with Gasteiger partial charge in [-0.3, -0.25) is 9.38 Å². The molecule has 142 valence electrons. The Balaban J connectivity index is 1.68. The van der Waals surface area contributed by atoms with Gasteiger partial charge >= 0.3 is 0 Å². The van der Waals surface area contributed by atoms with E-state index in [-0.39, 0.29) is 6.71 Å². The number of nitrogens with zero attached hydrogens (tertiary/aromatic N) is 6. The summed E-state index contributed by atoms with van der Waals surface area (Å²) >= 11 is 0. The minimum absolute atomic E-state index is 0.0545. The van der Waals surface area contributed by atoms with E-state index in [0.717, 1.165) is 65.3 Å². The molecule has 0 amide bonds. The third-order valence-corrected chi connectivity index (χ3v) is 5.79. The highest BCUT2D eigenvalue weighted by atomic mass is 15.1. The number of fused-ring (bicyclic) bond motifs is 2. The molecule has 0 aliphatic carbocycles. The van der Waals surface area contributed by atoms with E-state index >= 15 is 0 Å². The summed E-state index contributed by atoms with van der Waals surface area (Å²) in [6.07, 6.45) is 6.26. The number of rotatable bonds is 3. The van der Waals surface area contributed by atoms with Crippen molar-refractivity contribution in [2.24, 2.45) is 0 Å². The second kappa shape index (κ2) is 6.89. The van der Waals surface area contributed by atoms with E-state index in [0.29, 0.717) is 0 Å². The van der Waals surface area contributed by atoms with Crippen molar-refractivity contribution in [2.45, 2.75) is 39.5 Å². The molecule has 0 N–H and O–H groups in total. The summed E-state index contributed by atoms with van der Waals surface area (Å²) in [6.45, 7) is 5.04. The lowest BCUT2D eigenvalue weighted by Crippen LogP contribution is -2.26. The van der Waals surface area contributed by atoms with Crippen molar-refractivity contribution < 1.29 is 0 Å². The summed E-state index contributed by atoms with van der Waals surface area (Å²) in [5, 5.41) is 9.46. The molecule has 7 heteroatoms. The molecule has 0 unspecified atom stereocenters. The van der Waals surface area contributed by atoms with E-state index < -0.39 is 0 Å². The maximum absolute atomic E-state index is 9.46. The largest absolute Gasteiger partial charge is 0.333 e. The van der Waals surface area contributed by atoms with Crippen molar-refractivity contribution in [3.8, 4) is 28.6 Å². The van der Waals surface area contributed by atoms with Gasteiger partial charge in [0, 0.05) is 42.1 Å². The molecule has 0 spiro atoms. The Labute approximate surface area is 170 Å². The van der Waals surface area contributed by atoms with Crippen LogP contribution in [0.3, 0.4) is 0 Å². The molecule has 1 aliphatic rings. The maximum Gasteiger partial charge on any atom is 0.275 e. The first-order valence-corrected chi connectivity index (χ1v) is 10.1. The molecule has 4 aromatic rings. The predicted molar refractivity (Wildman–Crippen MR) is 114 cm³/mol. The van der Waals surface area contributed by atoms with Crippen molar-refractivity contribution in [3.05, 3.63) is 60.1 Å². The fourth-order valence-electron chi connectivity index (χ4n) is 4.26. The molecule has 0 atom stereocenters. The molecule has 0 saturated heterocycles. The first-order chi connectivity index (χ1) is 14.2. The number of hydrogen-bond acceptors (Lipinski definition) is 4. The fourth-order valence-corrected chi connectivity index (χ4v) is 4.26. The van der Waals surface area contributed by atoms with E-state index in [1.807, 2.05) is 25.5 Å². The van der Waals surface area contributed by atoms with Crippen LogP contribution < -0.4 is 0 Å². The van der Waals surface area contributed by atoms with Crippen molar-refractivity contribution in [1.29, 1.82) is 5.26 Å². The second-order valence-corrected chi connectivity index (χ2v) is 7.60. The van der Waals surface area contributed by atoms with Crippen molar-refractivity contribution in [2.75, 3.05) is 0 Å². The summed E-state index contributed by atoms with van der Waals surface area (Å²) in [4.78, 5) is 14.1. The molecule has 0 bridgehead atoms. The van der Waals surface area contributed by atoms with Crippen molar-refractivity contribution in [3.63, 3.8) is 0 Å². The maximum atomic E-state index is 9.46. The van der Waals surface area contributed by atoms with Crippen LogP contribution in [0.15, 0.2) is 42.9 Å². The summed E-state index contributed by atoms with van der Waals surface area (Å²) in [6, 6.07) is 10.3. The zero-order chi connectivity index (χ0) is 20.0. The van der Waals surface area contributed by atoms with Gasteiger partial charge in [0.25, 0.3) is 6.71 Å². The SMILES string of the molecule is CCc1nc(-c2cccc3c(-c4ccc(C)nc4)ncn23)c2n1CCB(C#N)C2. The third-order valence-electron chi connectivity index (χ3n) is 5.79. The Morgan fingerprint density at radius 3 is 2.83 bits per heavy atom. The molecule has 1 aliphatic heterocycles. The Morgan fingerprint density at radius 1 is 1.17 bits per heavy atom. The molecule has 0 saturated carbocycles. The van der Waals surface area contributed by atoms with Crippen LogP contribution in [-0.2, 0) is 19.3 Å².